The number of fused-ring (bicyclic) bond motifs is 4. The molecule has 166 valence electrons. The van der Waals surface area contributed by atoms with E-state index in [4.69, 9.17) is 11.6 Å². The van der Waals surface area contributed by atoms with E-state index < -0.39 is 6.04 Å². The highest BCUT2D eigenvalue weighted by atomic mass is 32.1. The standard InChI is InChI=1S/C25H19N7OS/c1-26-20(15-8-5-4-6-9-15)24-29-23-22(34-24)18-13-28-32(25(33)21(18)30(23)2)14-16-10-7-11-19-17(16)12-27-31(19)3/h4-13,20H,14H2,2-3H3. The first-order valence-electron chi connectivity index (χ1n) is 10.7. The maximum Gasteiger partial charge on any atom is 0.299 e. The van der Waals surface area contributed by atoms with Gasteiger partial charge in [-0.2, -0.15) is 10.2 Å². The lowest BCUT2D eigenvalue weighted by molar-refractivity contribution is 0.647. The molecular weight excluding hydrogens is 446 g/mol. The van der Waals surface area contributed by atoms with Crippen LogP contribution in [0.1, 0.15) is 22.2 Å². The monoisotopic (exact) mass is 465 g/mol. The molecule has 0 aliphatic heterocycles. The van der Waals surface area contributed by atoms with Crippen molar-refractivity contribution in [2.75, 3.05) is 0 Å². The van der Waals surface area contributed by atoms with Gasteiger partial charge in [0.1, 0.15) is 5.52 Å². The first kappa shape index (κ1) is 20.3. The third-order valence-corrected chi connectivity index (χ3v) is 7.35. The van der Waals surface area contributed by atoms with Crippen LogP contribution < -0.4 is 5.56 Å². The van der Waals surface area contributed by atoms with E-state index in [1.165, 1.54) is 16.0 Å². The maximum atomic E-state index is 13.4. The lowest BCUT2D eigenvalue weighted by atomic mass is 10.1. The van der Waals surface area contributed by atoms with Crippen LogP contribution in [0.25, 0.3) is 37.0 Å². The number of thiazole rings is 1. The van der Waals surface area contributed by atoms with Crippen molar-refractivity contribution < 1.29 is 0 Å². The Morgan fingerprint density at radius 1 is 1.03 bits per heavy atom. The molecule has 0 fully saturated rings. The topological polar surface area (TPSA) is 74.9 Å². The minimum absolute atomic E-state index is 0.169. The van der Waals surface area contributed by atoms with Crippen LogP contribution in [-0.4, -0.2) is 29.1 Å². The third-order valence-electron chi connectivity index (χ3n) is 6.22. The summed E-state index contributed by atoms with van der Waals surface area (Å²) in [5.41, 5.74) is 4.00. The summed E-state index contributed by atoms with van der Waals surface area (Å²) in [5.74, 6) is 0. The van der Waals surface area contributed by atoms with Gasteiger partial charge in [0.25, 0.3) is 11.6 Å². The van der Waals surface area contributed by atoms with Crippen molar-refractivity contribution in [1.29, 1.82) is 0 Å². The van der Waals surface area contributed by atoms with Crippen LogP contribution in [0, 0.1) is 6.57 Å². The van der Waals surface area contributed by atoms with E-state index in [1.807, 2.05) is 78.1 Å². The molecule has 1 unspecified atom stereocenters. The second-order valence-corrected chi connectivity index (χ2v) is 9.22. The fourth-order valence-electron chi connectivity index (χ4n) is 4.48. The average Bonchev–Trinajstić information content (AvgIpc) is 3.52. The van der Waals surface area contributed by atoms with Gasteiger partial charge in [-0.25, -0.2) is 16.2 Å². The Morgan fingerprint density at radius 3 is 2.62 bits per heavy atom. The van der Waals surface area contributed by atoms with Gasteiger partial charge >= 0.3 is 0 Å². The van der Waals surface area contributed by atoms with Crippen molar-refractivity contribution in [3.63, 3.8) is 0 Å². The van der Waals surface area contributed by atoms with Crippen LogP contribution in [0.4, 0.5) is 0 Å². The number of hydrogen-bond acceptors (Lipinski definition) is 5. The molecular formula is C25H19N7OS. The first-order chi connectivity index (χ1) is 16.6. The van der Waals surface area contributed by atoms with Crippen molar-refractivity contribution in [3.8, 4) is 0 Å². The summed E-state index contributed by atoms with van der Waals surface area (Å²) in [6.07, 6.45) is 3.55. The molecule has 0 bridgehead atoms. The Morgan fingerprint density at radius 2 is 1.82 bits per heavy atom. The molecule has 0 radical (unpaired) electrons. The lowest BCUT2D eigenvalue weighted by Gasteiger charge is -2.07. The van der Waals surface area contributed by atoms with Gasteiger partial charge in [0.05, 0.1) is 29.2 Å². The highest BCUT2D eigenvalue weighted by Crippen LogP contribution is 2.36. The summed E-state index contributed by atoms with van der Waals surface area (Å²) in [6, 6.07) is 15.2. The summed E-state index contributed by atoms with van der Waals surface area (Å²) in [6.45, 7) is 8.07. The van der Waals surface area contributed by atoms with Gasteiger partial charge in [0, 0.05) is 30.4 Å². The SMILES string of the molecule is [C-]#[N+]C(c1ccccc1)c1nc2c(s1)c1cnn(Cc3cccc4c3cnn4C)c(=O)c1n2C. The second-order valence-electron chi connectivity index (χ2n) is 8.19. The molecule has 34 heavy (non-hydrogen) atoms. The van der Waals surface area contributed by atoms with E-state index in [0.717, 1.165) is 37.1 Å². The molecule has 6 rings (SSSR count). The predicted molar refractivity (Wildman–Crippen MR) is 133 cm³/mol. The van der Waals surface area contributed by atoms with E-state index >= 15 is 0 Å². The molecule has 8 nitrogen and oxygen atoms in total. The van der Waals surface area contributed by atoms with Gasteiger partial charge in [-0.05, 0) is 11.6 Å². The molecule has 2 aromatic carbocycles. The molecule has 0 aliphatic carbocycles. The van der Waals surface area contributed by atoms with Gasteiger partial charge in [-0.3, -0.25) is 9.48 Å². The molecule has 1 atom stereocenters. The Kier molecular flexibility index (Phi) is 4.57. The zero-order chi connectivity index (χ0) is 23.4. The van der Waals surface area contributed by atoms with E-state index in [9.17, 15) is 4.79 Å². The average molecular weight is 466 g/mol. The lowest BCUT2D eigenvalue weighted by Crippen LogP contribution is -2.24. The highest BCUT2D eigenvalue weighted by molar-refractivity contribution is 7.19. The Labute approximate surface area is 198 Å². The van der Waals surface area contributed by atoms with Crippen molar-refractivity contribution in [3.05, 3.63) is 98.8 Å². The molecule has 6 aromatic rings. The summed E-state index contributed by atoms with van der Waals surface area (Å²) >= 11 is 1.45. The molecule has 0 amide bonds. The highest BCUT2D eigenvalue weighted by Gasteiger charge is 2.26. The number of hydrogen-bond donors (Lipinski definition) is 0. The summed E-state index contributed by atoms with van der Waals surface area (Å²) < 4.78 is 6.00. The van der Waals surface area contributed by atoms with Crippen LogP contribution in [0.2, 0.25) is 0 Å². The van der Waals surface area contributed by atoms with E-state index in [1.54, 1.807) is 6.20 Å². The van der Waals surface area contributed by atoms with Gasteiger partial charge in [0.15, 0.2) is 10.7 Å². The van der Waals surface area contributed by atoms with E-state index in [2.05, 4.69) is 15.0 Å². The van der Waals surface area contributed by atoms with Gasteiger partial charge < -0.3 is 9.41 Å². The van der Waals surface area contributed by atoms with E-state index in [0.29, 0.717) is 17.7 Å². The van der Waals surface area contributed by atoms with Gasteiger partial charge in [0.2, 0.25) is 0 Å². The molecule has 9 heteroatoms. The minimum Gasteiger partial charge on any atom is -0.323 e. The zero-order valence-electron chi connectivity index (χ0n) is 18.5. The smallest absolute Gasteiger partial charge is 0.299 e. The van der Waals surface area contributed by atoms with Crippen molar-refractivity contribution in [2.45, 2.75) is 12.6 Å². The Hall–Kier alpha value is -4.29. The Bertz CT molecular complexity index is 1800. The molecule has 0 saturated carbocycles. The fraction of sp³-hybridized carbons (Fsp3) is 0.160. The maximum absolute atomic E-state index is 13.4. The second kappa shape index (κ2) is 7.64. The van der Waals surface area contributed by atoms with Crippen LogP contribution >= 0.6 is 11.3 Å². The zero-order valence-corrected chi connectivity index (χ0v) is 19.3. The van der Waals surface area contributed by atoms with Crippen molar-refractivity contribution >= 4 is 43.5 Å². The van der Waals surface area contributed by atoms with Crippen LogP contribution in [-0.2, 0) is 20.6 Å². The van der Waals surface area contributed by atoms with Crippen LogP contribution in [0.15, 0.2) is 65.7 Å². The molecule has 0 saturated heterocycles. The normalized spacial score (nSPS) is 12.5. The van der Waals surface area contributed by atoms with Crippen LogP contribution in [0.3, 0.4) is 0 Å². The largest absolute Gasteiger partial charge is 0.323 e. The van der Waals surface area contributed by atoms with Crippen LogP contribution in [0.5, 0.6) is 0 Å². The Balaban J connectivity index is 1.46. The summed E-state index contributed by atoms with van der Waals surface area (Å²) in [7, 11) is 3.74. The van der Waals surface area contributed by atoms with E-state index in [-0.39, 0.29) is 5.56 Å². The first-order valence-corrected chi connectivity index (χ1v) is 11.5. The number of benzene rings is 2. The molecule has 0 aliphatic rings. The predicted octanol–water partition coefficient (Wildman–Crippen LogP) is 4.29. The number of aromatic nitrogens is 6. The third kappa shape index (κ3) is 2.96. The van der Waals surface area contributed by atoms with Gasteiger partial charge in [-0.1, -0.05) is 42.5 Å². The fourth-order valence-corrected chi connectivity index (χ4v) is 5.65. The summed E-state index contributed by atoms with van der Waals surface area (Å²) in [4.78, 5) is 22.0. The quantitative estimate of drug-likeness (QED) is 0.364. The van der Waals surface area contributed by atoms with Crippen molar-refractivity contribution in [2.24, 2.45) is 14.1 Å². The molecule has 0 N–H and O–H groups in total. The van der Waals surface area contributed by atoms with Crippen molar-refractivity contribution in [1.82, 2.24) is 29.1 Å². The van der Waals surface area contributed by atoms with Gasteiger partial charge in [-0.15, -0.1) is 11.3 Å². The molecule has 4 aromatic heterocycles. The molecule has 4 heterocycles. The number of nitrogens with zero attached hydrogens (tertiary/aromatic N) is 7. The number of aryl methyl sites for hydroxylation is 2. The molecule has 0 spiro atoms. The minimum atomic E-state index is -0.470. The summed E-state index contributed by atoms with van der Waals surface area (Å²) in [5, 5.41) is 11.3. The number of rotatable bonds is 4.